The van der Waals surface area contributed by atoms with Crippen LogP contribution in [0.5, 0.6) is 0 Å². The van der Waals surface area contributed by atoms with Crippen molar-refractivity contribution in [3.63, 3.8) is 0 Å². The van der Waals surface area contributed by atoms with Crippen molar-refractivity contribution < 1.29 is 14.8 Å². The quantitative estimate of drug-likeness (QED) is 0.638. The molecule has 1 saturated carbocycles. The van der Waals surface area contributed by atoms with E-state index in [1.807, 2.05) is 0 Å². The first kappa shape index (κ1) is 15.2. The van der Waals surface area contributed by atoms with E-state index in [1.54, 1.807) is 0 Å². The fraction of sp³-hybridized carbons (Fsp3) is 0.571. The lowest BCUT2D eigenvalue weighted by Crippen LogP contribution is -2.11. The molecule has 7 heteroatoms. The molecule has 1 aliphatic carbocycles. The predicted molar refractivity (Wildman–Crippen MR) is 77.4 cm³/mol. The molecule has 1 aromatic heterocycles. The van der Waals surface area contributed by atoms with Crippen LogP contribution in [0.4, 0.5) is 11.5 Å². The van der Waals surface area contributed by atoms with E-state index >= 15 is 0 Å². The smallest absolute Gasteiger partial charge is 0.342 e. The third kappa shape index (κ3) is 2.43. The summed E-state index contributed by atoms with van der Waals surface area (Å²) >= 11 is 0. The summed E-state index contributed by atoms with van der Waals surface area (Å²) in [5, 5.41) is 22.9. The van der Waals surface area contributed by atoms with Crippen molar-refractivity contribution in [2.24, 2.45) is 16.7 Å². The van der Waals surface area contributed by atoms with Gasteiger partial charge < -0.3 is 10.4 Å². The second-order valence-corrected chi connectivity index (χ2v) is 6.53. The summed E-state index contributed by atoms with van der Waals surface area (Å²) in [6, 6.07) is 1.21. The number of rotatable bonds is 5. The number of aromatic carboxylic acids is 1. The van der Waals surface area contributed by atoms with Crippen LogP contribution in [0.25, 0.3) is 0 Å². The van der Waals surface area contributed by atoms with Crippen LogP contribution in [-0.2, 0) is 0 Å². The van der Waals surface area contributed by atoms with Crippen LogP contribution in [0.1, 0.15) is 38.1 Å². The summed E-state index contributed by atoms with van der Waals surface area (Å²) in [5.41, 5.74) is -0.445. The molecule has 2 rings (SSSR count). The van der Waals surface area contributed by atoms with Crippen LogP contribution >= 0.6 is 0 Å². The minimum Gasteiger partial charge on any atom is -0.477 e. The number of hydrogen-bond donors (Lipinski definition) is 2. The Morgan fingerprint density at radius 3 is 2.43 bits per heavy atom. The summed E-state index contributed by atoms with van der Waals surface area (Å²) in [7, 11) is 0. The van der Waals surface area contributed by atoms with Crippen molar-refractivity contribution in [1.82, 2.24) is 4.98 Å². The molecular formula is C14H19N3O4. The third-order valence-electron chi connectivity index (χ3n) is 5.12. The number of hydrogen-bond acceptors (Lipinski definition) is 5. The average Bonchev–Trinajstić information content (AvgIpc) is 2.76. The Kier molecular flexibility index (Phi) is 3.39. The second-order valence-electron chi connectivity index (χ2n) is 6.53. The number of nitrogens with one attached hydrogen (secondary N) is 1. The summed E-state index contributed by atoms with van der Waals surface area (Å²) < 4.78 is 0. The zero-order valence-corrected chi connectivity index (χ0v) is 12.5. The van der Waals surface area contributed by atoms with Crippen LogP contribution in [0.3, 0.4) is 0 Å². The first-order valence-corrected chi connectivity index (χ1v) is 6.70. The number of carbonyl (C=O) groups is 1. The average molecular weight is 293 g/mol. The zero-order valence-electron chi connectivity index (χ0n) is 12.5. The predicted octanol–water partition coefficient (Wildman–Crippen LogP) is 2.78. The van der Waals surface area contributed by atoms with Crippen molar-refractivity contribution in [2.75, 3.05) is 11.9 Å². The standard InChI is InChI=1S/C14H19N3O4/c1-13(2)10(14(13,3)4)7-16-11-5-8(12(18)19)9(6-15-11)17(20)21/h5-6,10H,7H2,1-4H3,(H,15,16)(H,18,19). The molecule has 0 saturated heterocycles. The van der Waals surface area contributed by atoms with Crippen LogP contribution < -0.4 is 5.32 Å². The zero-order chi connectivity index (χ0) is 16.0. The number of carboxylic acid groups (broad SMARTS) is 1. The fourth-order valence-electron chi connectivity index (χ4n) is 2.91. The van der Waals surface area contributed by atoms with E-state index in [9.17, 15) is 14.9 Å². The Bertz CT molecular complexity index is 596. The van der Waals surface area contributed by atoms with Gasteiger partial charge in [-0.2, -0.15) is 0 Å². The van der Waals surface area contributed by atoms with Gasteiger partial charge in [-0.1, -0.05) is 27.7 Å². The first-order chi connectivity index (χ1) is 9.59. The normalized spacial score (nSPS) is 19.0. The fourth-order valence-corrected chi connectivity index (χ4v) is 2.91. The molecule has 114 valence electrons. The van der Waals surface area contributed by atoms with Crippen LogP contribution in [0, 0.1) is 26.9 Å². The van der Waals surface area contributed by atoms with Gasteiger partial charge in [-0.3, -0.25) is 10.1 Å². The van der Waals surface area contributed by atoms with Crippen molar-refractivity contribution in [3.05, 3.63) is 27.9 Å². The molecule has 0 bridgehead atoms. The van der Waals surface area contributed by atoms with Crippen molar-refractivity contribution >= 4 is 17.5 Å². The number of carboxylic acids is 1. The Labute approximate surface area is 122 Å². The van der Waals surface area contributed by atoms with Gasteiger partial charge in [0.25, 0.3) is 0 Å². The second kappa shape index (κ2) is 4.68. The number of anilines is 1. The Balaban J connectivity index is 2.14. The Morgan fingerprint density at radius 1 is 1.43 bits per heavy atom. The Morgan fingerprint density at radius 2 is 2.00 bits per heavy atom. The summed E-state index contributed by atoms with van der Waals surface area (Å²) in [6.07, 6.45) is 0.981. The number of nitrogens with zero attached hydrogens (tertiary/aromatic N) is 2. The summed E-state index contributed by atoms with van der Waals surface area (Å²) in [4.78, 5) is 25.0. The summed E-state index contributed by atoms with van der Waals surface area (Å²) in [6.45, 7) is 9.40. The minimum atomic E-state index is -1.33. The Hall–Kier alpha value is -2.18. The molecule has 0 atom stereocenters. The molecule has 1 fully saturated rings. The molecule has 0 aromatic carbocycles. The molecule has 0 aliphatic heterocycles. The maximum absolute atomic E-state index is 11.1. The van der Waals surface area contributed by atoms with Crippen molar-refractivity contribution in [3.8, 4) is 0 Å². The monoisotopic (exact) mass is 293 g/mol. The van der Waals surface area contributed by atoms with Crippen LogP contribution in [0.15, 0.2) is 12.3 Å². The molecule has 1 aliphatic rings. The SMILES string of the molecule is CC1(C)C(CNc2cc(C(=O)O)c([N+](=O)[O-])cn2)C1(C)C. The highest BCUT2D eigenvalue weighted by molar-refractivity contribution is 5.93. The lowest BCUT2D eigenvalue weighted by atomic mass is 10.0. The molecule has 1 aromatic rings. The molecule has 0 spiro atoms. The van der Waals surface area contributed by atoms with Gasteiger partial charge in [0, 0.05) is 12.6 Å². The van der Waals surface area contributed by atoms with E-state index < -0.39 is 16.6 Å². The molecule has 0 unspecified atom stereocenters. The van der Waals surface area contributed by atoms with Gasteiger partial charge in [-0.15, -0.1) is 0 Å². The van der Waals surface area contributed by atoms with E-state index in [1.165, 1.54) is 6.07 Å². The topological polar surface area (TPSA) is 105 Å². The van der Waals surface area contributed by atoms with Crippen LogP contribution in [-0.4, -0.2) is 27.5 Å². The van der Waals surface area contributed by atoms with Gasteiger partial charge in [0.15, 0.2) is 0 Å². The third-order valence-corrected chi connectivity index (χ3v) is 5.12. The van der Waals surface area contributed by atoms with Crippen LogP contribution in [0.2, 0.25) is 0 Å². The van der Waals surface area contributed by atoms with Gasteiger partial charge in [-0.05, 0) is 16.7 Å². The van der Waals surface area contributed by atoms with E-state index in [2.05, 4.69) is 38.0 Å². The number of nitro groups is 1. The van der Waals surface area contributed by atoms with Crippen molar-refractivity contribution in [2.45, 2.75) is 27.7 Å². The van der Waals surface area contributed by atoms with Gasteiger partial charge in [0.05, 0.1) is 4.92 Å². The molecule has 1 heterocycles. The van der Waals surface area contributed by atoms with Crippen molar-refractivity contribution in [1.29, 1.82) is 0 Å². The largest absolute Gasteiger partial charge is 0.477 e. The molecule has 7 nitrogen and oxygen atoms in total. The summed E-state index contributed by atoms with van der Waals surface area (Å²) in [5.74, 6) is -0.550. The van der Waals surface area contributed by atoms with Gasteiger partial charge >= 0.3 is 11.7 Å². The molecule has 2 N–H and O–H groups in total. The maximum atomic E-state index is 11.1. The van der Waals surface area contributed by atoms with E-state index in [0.717, 1.165) is 6.20 Å². The highest BCUT2D eigenvalue weighted by Crippen LogP contribution is 2.68. The van der Waals surface area contributed by atoms with E-state index in [-0.39, 0.29) is 16.4 Å². The maximum Gasteiger partial charge on any atom is 0.342 e. The van der Waals surface area contributed by atoms with Gasteiger partial charge in [-0.25, -0.2) is 9.78 Å². The van der Waals surface area contributed by atoms with E-state index in [0.29, 0.717) is 18.3 Å². The van der Waals surface area contributed by atoms with E-state index in [4.69, 9.17) is 5.11 Å². The first-order valence-electron chi connectivity index (χ1n) is 6.70. The van der Waals surface area contributed by atoms with Gasteiger partial charge in [0.2, 0.25) is 0 Å². The molecule has 0 amide bonds. The highest BCUT2D eigenvalue weighted by atomic mass is 16.6. The molecule has 0 radical (unpaired) electrons. The lowest BCUT2D eigenvalue weighted by Gasteiger charge is -2.07. The molecular weight excluding hydrogens is 274 g/mol. The minimum absolute atomic E-state index is 0.205. The number of pyridine rings is 1. The lowest BCUT2D eigenvalue weighted by molar-refractivity contribution is -0.385. The molecule has 21 heavy (non-hydrogen) atoms. The van der Waals surface area contributed by atoms with Gasteiger partial charge in [0.1, 0.15) is 17.6 Å². The highest BCUT2D eigenvalue weighted by Gasteiger charge is 2.64. The number of aromatic nitrogens is 1.